The summed E-state index contributed by atoms with van der Waals surface area (Å²) in [5, 5.41) is 13.3. The predicted octanol–water partition coefficient (Wildman–Crippen LogP) is 1.97. The molecule has 21 heavy (non-hydrogen) atoms. The second kappa shape index (κ2) is 6.74. The number of nitrogens with zero attached hydrogens (tertiary/aromatic N) is 3. The van der Waals surface area contributed by atoms with E-state index in [0.29, 0.717) is 11.6 Å². The topological polar surface area (TPSA) is 86.5 Å². The molecule has 0 atom stereocenters. The summed E-state index contributed by atoms with van der Waals surface area (Å²) in [5.74, 6) is 0.132. The van der Waals surface area contributed by atoms with Crippen molar-refractivity contribution in [2.45, 2.75) is 26.5 Å². The molecule has 2 rings (SSSR count). The van der Waals surface area contributed by atoms with Gasteiger partial charge in [-0.25, -0.2) is 14.5 Å². The Labute approximate surface area is 122 Å². The molecule has 1 aromatic carbocycles. The monoisotopic (exact) mass is 291 g/mol. The molecule has 0 fully saturated rings. The van der Waals surface area contributed by atoms with Crippen molar-refractivity contribution in [1.29, 1.82) is 0 Å². The molecule has 0 saturated heterocycles. The minimum Gasteiger partial charge on any atom is -0.493 e. The summed E-state index contributed by atoms with van der Waals surface area (Å²) in [7, 11) is 1.47. The number of carbonyl (C=O) groups is 1. The molecule has 1 N–H and O–H groups in total. The molecule has 1 heterocycles. The second-order valence-corrected chi connectivity index (χ2v) is 4.33. The largest absolute Gasteiger partial charge is 0.493 e. The fourth-order valence-electron chi connectivity index (χ4n) is 1.93. The number of hydrogen-bond donors (Lipinski definition) is 1. The van der Waals surface area contributed by atoms with E-state index >= 15 is 0 Å². The molecule has 0 saturated carbocycles. The van der Waals surface area contributed by atoms with Crippen LogP contribution in [0.4, 0.5) is 0 Å². The summed E-state index contributed by atoms with van der Waals surface area (Å²) in [4.78, 5) is 15.4. The van der Waals surface area contributed by atoms with Gasteiger partial charge in [-0.05, 0) is 18.6 Å². The molecule has 2 aromatic rings. The Balaban J connectivity index is 2.22. The van der Waals surface area contributed by atoms with Crippen molar-refractivity contribution in [2.24, 2.45) is 0 Å². The van der Waals surface area contributed by atoms with E-state index in [-0.39, 0.29) is 17.9 Å². The molecule has 0 amide bonds. The van der Waals surface area contributed by atoms with Crippen molar-refractivity contribution in [2.75, 3.05) is 7.11 Å². The number of benzene rings is 1. The summed E-state index contributed by atoms with van der Waals surface area (Å²) in [6, 6.07) is 4.73. The minimum atomic E-state index is -1.07. The first kappa shape index (κ1) is 14.8. The maximum Gasteiger partial charge on any atom is 0.339 e. The van der Waals surface area contributed by atoms with Gasteiger partial charge in [0.2, 0.25) is 0 Å². The summed E-state index contributed by atoms with van der Waals surface area (Å²) in [6.45, 7) is 2.89. The van der Waals surface area contributed by atoms with Gasteiger partial charge in [-0.3, -0.25) is 0 Å². The smallest absolute Gasteiger partial charge is 0.339 e. The lowest BCUT2D eigenvalue weighted by Crippen LogP contribution is -2.10. The van der Waals surface area contributed by atoms with Crippen molar-refractivity contribution in [3.63, 3.8) is 0 Å². The number of aromatic nitrogens is 3. The highest BCUT2D eigenvalue weighted by Crippen LogP contribution is 2.31. The summed E-state index contributed by atoms with van der Waals surface area (Å²) < 4.78 is 12.5. The number of aromatic carboxylic acids is 1. The third-order valence-corrected chi connectivity index (χ3v) is 2.91. The van der Waals surface area contributed by atoms with E-state index in [9.17, 15) is 9.90 Å². The Hall–Kier alpha value is -2.57. The Bertz CT molecular complexity index is 624. The van der Waals surface area contributed by atoms with E-state index in [1.54, 1.807) is 16.8 Å². The first-order valence-electron chi connectivity index (χ1n) is 6.57. The van der Waals surface area contributed by atoms with E-state index < -0.39 is 5.97 Å². The van der Waals surface area contributed by atoms with E-state index in [0.717, 1.165) is 13.0 Å². The van der Waals surface area contributed by atoms with Crippen LogP contribution in [0.2, 0.25) is 0 Å². The lowest BCUT2D eigenvalue weighted by Gasteiger charge is -2.13. The Kier molecular flexibility index (Phi) is 4.76. The van der Waals surface area contributed by atoms with E-state index in [1.807, 2.05) is 6.92 Å². The van der Waals surface area contributed by atoms with Crippen LogP contribution >= 0.6 is 0 Å². The maximum atomic E-state index is 11.3. The van der Waals surface area contributed by atoms with Gasteiger partial charge in [0.1, 0.15) is 18.5 Å². The van der Waals surface area contributed by atoms with Gasteiger partial charge in [-0.1, -0.05) is 13.0 Å². The van der Waals surface area contributed by atoms with Gasteiger partial charge in [0.25, 0.3) is 0 Å². The summed E-state index contributed by atoms with van der Waals surface area (Å²) >= 11 is 0. The first-order valence-corrected chi connectivity index (χ1v) is 6.57. The van der Waals surface area contributed by atoms with Crippen molar-refractivity contribution >= 4 is 5.97 Å². The van der Waals surface area contributed by atoms with Crippen molar-refractivity contribution < 1.29 is 19.4 Å². The molecule has 0 aliphatic heterocycles. The summed E-state index contributed by atoms with van der Waals surface area (Å²) in [6.07, 6.45) is 2.38. The fraction of sp³-hybridized carbons (Fsp3) is 0.357. The Morgan fingerprint density at radius 2 is 2.24 bits per heavy atom. The van der Waals surface area contributed by atoms with Gasteiger partial charge in [-0.15, -0.1) is 0 Å². The van der Waals surface area contributed by atoms with Gasteiger partial charge in [0.05, 0.1) is 7.11 Å². The zero-order valence-corrected chi connectivity index (χ0v) is 11.9. The van der Waals surface area contributed by atoms with E-state index in [1.165, 1.54) is 19.5 Å². The number of carboxylic acids is 1. The van der Waals surface area contributed by atoms with Crippen LogP contribution in [-0.2, 0) is 13.2 Å². The first-order chi connectivity index (χ1) is 10.2. The van der Waals surface area contributed by atoms with Crippen LogP contribution in [-0.4, -0.2) is 33.0 Å². The molecule has 0 radical (unpaired) electrons. The van der Waals surface area contributed by atoms with Crippen molar-refractivity contribution in [3.8, 4) is 11.5 Å². The predicted molar refractivity (Wildman–Crippen MR) is 74.6 cm³/mol. The molecule has 1 aromatic heterocycles. The van der Waals surface area contributed by atoms with Crippen LogP contribution in [0.5, 0.6) is 11.5 Å². The van der Waals surface area contributed by atoms with Crippen LogP contribution < -0.4 is 9.47 Å². The van der Waals surface area contributed by atoms with Gasteiger partial charge in [0, 0.05) is 6.54 Å². The van der Waals surface area contributed by atoms with Crippen LogP contribution in [0, 0.1) is 0 Å². The molecule has 0 spiro atoms. The number of aryl methyl sites for hydroxylation is 1. The molecule has 7 nitrogen and oxygen atoms in total. The number of hydrogen-bond acceptors (Lipinski definition) is 5. The van der Waals surface area contributed by atoms with Gasteiger partial charge >= 0.3 is 5.97 Å². The fourth-order valence-corrected chi connectivity index (χ4v) is 1.93. The van der Waals surface area contributed by atoms with Gasteiger partial charge in [0.15, 0.2) is 17.3 Å². The van der Waals surface area contributed by atoms with Crippen LogP contribution in [0.25, 0.3) is 0 Å². The third-order valence-electron chi connectivity index (χ3n) is 2.91. The third kappa shape index (κ3) is 3.31. The number of methoxy groups -OCH3 is 1. The highest BCUT2D eigenvalue weighted by Gasteiger charge is 2.17. The normalized spacial score (nSPS) is 10.4. The van der Waals surface area contributed by atoms with E-state index in [2.05, 4.69) is 10.1 Å². The molecule has 0 unspecified atom stereocenters. The zero-order valence-electron chi connectivity index (χ0n) is 11.9. The van der Waals surface area contributed by atoms with Crippen LogP contribution in [0.3, 0.4) is 0 Å². The number of rotatable bonds is 7. The highest BCUT2D eigenvalue weighted by atomic mass is 16.5. The van der Waals surface area contributed by atoms with Gasteiger partial charge < -0.3 is 14.6 Å². The molecule has 7 heteroatoms. The minimum absolute atomic E-state index is 0.0518. The molecular formula is C14H17N3O4. The highest BCUT2D eigenvalue weighted by molar-refractivity contribution is 5.92. The second-order valence-electron chi connectivity index (χ2n) is 4.33. The standard InChI is InChI=1S/C14H17N3O4/c1-3-7-17-12(15-9-16-17)8-21-13-10(14(18)19)5-4-6-11(13)20-2/h4-6,9H,3,7-8H2,1-2H3,(H,18,19). The van der Waals surface area contributed by atoms with Crippen molar-refractivity contribution in [3.05, 3.63) is 35.9 Å². The number of carboxylic acid groups (broad SMARTS) is 1. The number of para-hydroxylation sites is 1. The Morgan fingerprint density at radius 1 is 1.43 bits per heavy atom. The maximum absolute atomic E-state index is 11.3. The quantitative estimate of drug-likeness (QED) is 0.839. The molecule has 0 aliphatic rings. The van der Waals surface area contributed by atoms with Crippen LogP contribution in [0.1, 0.15) is 29.5 Å². The number of ether oxygens (including phenoxy) is 2. The van der Waals surface area contributed by atoms with E-state index in [4.69, 9.17) is 9.47 Å². The average molecular weight is 291 g/mol. The van der Waals surface area contributed by atoms with Gasteiger partial charge in [-0.2, -0.15) is 5.10 Å². The molecule has 0 bridgehead atoms. The SMILES string of the molecule is CCCn1ncnc1COc1c(OC)cccc1C(=O)O. The van der Waals surface area contributed by atoms with Crippen LogP contribution in [0.15, 0.2) is 24.5 Å². The molecule has 0 aliphatic carbocycles. The van der Waals surface area contributed by atoms with Crippen molar-refractivity contribution in [1.82, 2.24) is 14.8 Å². The Morgan fingerprint density at radius 3 is 2.90 bits per heavy atom. The lowest BCUT2D eigenvalue weighted by molar-refractivity contribution is 0.0690. The average Bonchev–Trinajstić information content (AvgIpc) is 2.92. The zero-order chi connectivity index (χ0) is 15.2. The molecular weight excluding hydrogens is 274 g/mol. The molecule has 112 valence electrons. The lowest BCUT2D eigenvalue weighted by atomic mass is 10.2. The summed E-state index contributed by atoms with van der Waals surface area (Å²) in [5.41, 5.74) is 0.0518.